The Morgan fingerprint density at radius 2 is 1.86 bits per heavy atom. The van der Waals surface area contributed by atoms with Crippen molar-refractivity contribution in [2.45, 2.75) is 13.5 Å². The van der Waals surface area contributed by atoms with Crippen LogP contribution in [0, 0.1) is 11.3 Å². The van der Waals surface area contributed by atoms with Gasteiger partial charge >= 0.3 is 5.97 Å². The van der Waals surface area contributed by atoms with E-state index >= 15 is 0 Å². The van der Waals surface area contributed by atoms with Gasteiger partial charge in [0.2, 0.25) is 0 Å². The molecule has 1 amide bonds. The van der Waals surface area contributed by atoms with Gasteiger partial charge in [-0.15, -0.1) is 0 Å². The molecule has 1 N–H and O–H groups in total. The smallest absolute Gasteiger partial charge is 0.338 e. The van der Waals surface area contributed by atoms with E-state index in [0.29, 0.717) is 37.8 Å². The summed E-state index contributed by atoms with van der Waals surface area (Å²) < 4.78 is 16.9. The van der Waals surface area contributed by atoms with Gasteiger partial charge in [-0.3, -0.25) is 4.79 Å². The molecule has 0 aliphatic rings. The Morgan fingerprint density at radius 3 is 2.50 bits per heavy atom. The van der Waals surface area contributed by atoms with Gasteiger partial charge in [-0.1, -0.05) is 29.8 Å². The summed E-state index contributed by atoms with van der Waals surface area (Å²) in [6.07, 6.45) is 1.44. The minimum Gasteiger partial charge on any atom is -0.493 e. The molecule has 184 valence electrons. The molecule has 3 aromatic carbocycles. The predicted molar refractivity (Wildman–Crippen MR) is 141 cm³/mol. The van der Waals surface area contributed by atoms with Crippen molar-refractivity contribution in [2.75, 3.05) is 19.0 Å². The molecule has 0 saturated carbocycles. The molecular weight excluding hydrogens is 548 g/mol. The van der Waals surface area contributed by atoms with Crippen molar-refractivity contribution in [3.05, 3.63) is 92.4 Å². The largest absolute Gasteiger partial charge is 0.493 e. The summed E-state index contributed by atoms with van der Waals surface area (Å²) in [5, 5.41) is 12.8. The molecule has 0 heterocycles. The zero-order chi connectivity index (χ0) is 26.1. The van der Waals surface area contributed by atoms with Crippen LogP contribution in [0.2, 0.25) is 5.02 Å². The zero-order valence-electron chi connectivity index (χ0n) is 19.5. The number of benzene rings is 3. The molecule has 36 heavy (non-hydrogen) atoms. The molecule has 0 aliphatic carbocycles. The standard InChI is InChI=1S/C27H22BrClN2O5/c1-3-35-27(33)18-8-10-21(11-9-18)31-26(32)20(15-30)12-17-13-22(28)25(24(14-17)34-2)36-16-19-6-4-5-7-23(19)29/h4-14H,3,16H2,1-2H3,(H,31,32)/b20-12+. The van der Waals surface area contributed by atoms with Gasteiger partial charge in [0.15, 0.2) is 11.5 Å². The average molecular weight is 570 g/mol. The van der Waals surface area contributed by atoms with E-state index in [4.69, 9.17) is 25.8 Å². The van der Waals surface area contributed by atoms with Crippen molar-refractivity contribution in [3.8, 4) is 17.6 Å². The highest BCUT2D eigenvalue weighted by atomic mass is 79.9. The molecule has 0 atom stereocenters. The fourth-order valence-corrected chi connectivity index (χ4v) is 3.91. The average Bonchev–Trinajstić information content (AvgIpc) is 2.87. The number of halogens is 2. The topological polar surface area (TPSA) is 97.7 Å². The zero-order valence-corrected chi connectivity index (χ0v) is 21.9. The molecule has 0 bridgehead atoms. The Hall–Kier alpha value is -3.80. The molecule has 0 aromatic heterocycles. The van der Waals surface area contributed by atoms with Crippen LogP contribution in [0.4, 0.5) is 5.69 Å². The fraction of sp³-hybridized carbons (Fsp3) is 0.148. The number of ether oxygens (including phenoxy) is 3. The third kappa shape index (κ3) is 6.87. The third-order valence-corrected chi connectivity index (χ3v) is 5.87. The van der Waals surface area contributed by atoms with Crippen molar-refractivity contribution in [1.82, 2.24) is 0 Å². The first-order valence-electron chi connectivity index (χ1n) is 10.8. The van der Waals surface area contributed by atoms with E-state index < -0.39 is 11.9 Å². The van der Waals surface area contributed by atoms with E-state index in [2.05, 4.69) is 21.2 Å². The molecule has 0 aliphatic heterocycles. The molecule has 7 nitrogen and oxygen atoms in total. The summed E-state index contributed by atoms with van der Waals surface area (Å²) in [6, 6.07) is 18.8. The lowest BCUT2D eigenvalue weighted by atomic mass is 10.1. The van der Waals surface area contributed by atoms with Crippen LogP contribution in [0.1, 0.15) is 28.4 Å². The lowest BCUT2D eigenvalue weighted by Crippen LogP contribution is -2.13. The second-order valence-corrected chi connectivity index (χ2v) is 8.60. The van der Waals surface area contributed by atoms with Crippen molar-refractivity contribution in [2.24, 2.45) is 0 Å². The summed E-state index contributed by atoms with van der Waals surface area (Å²) in [5.74, 6) is -0.184. The molecule has 0 fully saturated rings. The van der Waals surface area contributed by atoms with Gasteiger partial charge in [0, 0.05) is 16.3 Å². The molecule has 3 aromatic rings. The van der Waals surface area contributed by atoms with Crippen molar-refractivity contribution >= 4 is 51.2 Å². The maximum Gasteiger partial charge on any atom is 0.338 e. The van der Waals surface area contributed by atoms with Crippen LogP contribution in [0.15, 0.2) is 70.7 Å². The maximum absolute atomic E-state index is 12.7. The van der Waals surface area contributed by atoms with E-state index in [1.54, 1.807) is 37.3 Å². The van der Waals surface area contributed by atoms with Gasteiger partial charge in [0.05, 0.1) is 23.8 Å². The van der Waals surface area contributed by atoms with Crippen LogP contribution in [-0.2, 0) is 16.1 Å². The van der Waals surface area contributed by atoms with E-state index in [0.717, 1.165) is 5.56 Å². The molecule has 0 radical (unpaired) electrons. The first kappa shape index (κ1) is 26.8. The van der Waals surface area contributed by atoms with Gasteiger partial charge < -0.3 is 19.5 Å². The minimum atomic E-state index is -0.601. The highest BCUT2D eigenvalue weighted by Gasteiger charge is 2.15. The number of rotatable bonds is 9. The Morgan fingerprint density at radius 1 is 1.14 bits per heavy atom. The number of amides is 1. The molecule has 0 unspecified atom stereocenters. The Kier molecular flexibility index (Phi) is 9.51. The first-order valence-corrected chi connectivity index (χ1v) is 12.0. The highest BCUT2D eigenvalue weighted by molar-refractivity contribution is 9.10. The van der Waals surface area contributed by atoms with E-state index in [-0.39, 0.29) is 18.8 Å². The number of esters is 1. The van der Waals surface area contributed by atoms with Gasteiger partial charge in [-0.25, -0.2) is 4.79 Å². The van der Waals surface area contributed by atoms with Crippen LogP contribution < -0.4 is 14.8 Å². The second-order valence-electron chi connectivity index (χ2n) is 7.34. The number of carbonyl (C=O) groups excluding carboxylic acids is 2. The molecule has 3 rings (SSSR count). The van der Waals surface area contributed by atoms with E-state index in [1.165, 1.54) is 25.3 Å². The van der Waals surface area contributed by atoms with Crippen LogP contribution >= 0.6 is 27.5 Å². The van der Waals surface area contributed by atoms with Crippen molar-refractivity contribution in [3.63, 3.8) is 0 Å². The number of nitrogens with zero attached hydrogens (tertiary/aromatic N) is 1. The number of hydrogen-bond acceptors (Lipinski definition) is 6. The fourth-order valence-electron chi connectivity index (χ4n) is 3.15. The number of carbonyl (C=O) groups is 2. The molecule has 9 heteroatoms. The SMILES string of the molecule is CCOC(=O)c1ccc(NC(=O)/C(C#N)=C/c2cc(Br)c(OCc3ccccc3Cl)c(OC)c2)cc1. The highest BCUT2D eigenvalue weighted by Crippen LogP contribution is 2.38. The predicted octanol–water partition coefficient (Wildman–Crippen LogP) is 6.41. The van der Waals surface area contributed by atoms with Crippen LogP contribution in [-0.4, -0.2) is 25.6 Å². The number of nitriles is 1. The third-order valence-electron chi connectivity index (χ3n) is 4.91. The summed E-state index contributed by atoms with van der Waals surface area (Å²) in [4.78, 5) is 24.5. The summed E-state index contributed by atoms with van der Waals surface area (Å²) in [5.41, 5.74) is 2.03. The Labute approximate surface area is 222 Å². The quantitative estimate of drug-likeness (QED) is 0.182. The van der Waals surface area contributed by atoms with Crippen LogP contribution in [0.25, 0.3) is 6.08 Å². The number of methoxy groups -OCH3 is 1. The van der Waals surface area contributed by atoms with E-state index in [9.17, 15) is 14.9 Å². The van der Waals surface area contributed by atoms with Gasteiger partial charge in [-0.05, 0) is 77.0 Å². The molecular formula is C27H22BrClN2O5. The Balaban J connectivity index is 1.77. The molecule has 0 saturated heterocycles. The summed E-state index contributed by atoms with van der Waals surface area (Å²) >= 11 is 9.68. The summed E-state index contributed by atoms with van der Waals surface area (Å²) in [6.45, 7) is 2.21. The van der Waals surface area contributed by atoms with Gasteiger partial charge in [0.25, 0.3) is 5.91 Å². The van der Waals surface area contributed by atoms with Crippen molar-refractivity contribution in [1.29, 1.82) is 5.26 Å². The molecule has 0 spiro atoms. The minimum absolute atomic E-state index is 0.122. The number of nitrogens with one attached hydrogen (secondary N) is 1. The lowest BCUT2D eigenvalue weighted by Gasteiger charge is -2.14. The van der Waals surface area contributed by atoms with Crippen LogP contribution in [0.3, 0.4) is 0 Å². The number of anilines is 1. The van der Waals surface area contributed by atoms with E-state index in [1.807, 2.05) is 24.3 Å². The van der Waals surface area contributed by atoms with Crippen molar-refractivity contribution < 1.29 is 23.8 Å². The maximum atomic E-state index is 12.7. The summed E-state index contributed by atoms with van der Waals surface area (Å²) in [7, 11) is 1.50. The van der Waals surface area contributed by atoms with Gasteiger partial charge in [-0.2, -0.15) is 5.26 Å². The normalized spacial score (nSPS) is 10.8. The lowest BCUT2D eigenvalue weighted by molar-refractivity contribution is -0.112. The first-order chi connectivity index (χ1) is 17.4. The Bertz CT molecular complexity index is 1330. The second kappa shape index (κ2) is 12.8. The van der Waals surface area contributed by atoms with Gasteiger partial charge in [0.1, 0.15) is 18.2 Å². The van der Waals surface area contributed by atoms with Crippen LogP contribution in [0.5, 0.6) is 11.5 Å². The number of hydrogen-bond donors (Lipinski definition) is 1. The monoisotopic (exact) mass is 568 g/mol.